The molecule has 21 heavy (non-hydrogen) atoms. The Labute approximate surface area is 132 Å². The summed E-state index contributed by atoms with van der Waals surface area (Å²) in [6, 6.07) is 6.00. The molecule has 0 aromatic heterocycles. The van der Waals surface area contributed by atoms with Gasteiger partial charge in [0.15, 0.2) is 0 Å². The second-order valence-electron chi connectivity index (χ2n) is 4.94. The van der Waals surface area contributed by atoms with E-state index in [1.807, 2.05) is 18.2 Å². The van der Waals surface area contributed by atoms with Gasteiger partial charge in [-0.05, 0) is 37.0 Å². The van der Waals surface area contributed by atoms with Gasteiger partial charge in [-0.1, -0.05) is 24.6 Å². The average Bonchev–Trinajstić information content (AvgIpc) is 2.48. The SMILES string of the molecule is CCC(N)Cc1ccc(OCCOCCCOC)c(Cl)c1. The summed E-state index contributed by atoms with van der Waals surface area (Å²) in [6.07, 6.45) is 2.68. The lowest BCUT2D eigenvalue weighted by atomic mass is 10.0. The largest absolute Gasteiger partial charge is 0.490 e. The van der Waals surface area contributed by atoms with Gasteiger partial charge in [0.2, 0.25) is 0 Å². The quantitative estimate of drug-likeness (QED) is 0.638. The molecule has 4 nitrogen and oxygen atoms in total. The number of hydrogen-bond acceptors (Lipinski definition) is 4. The van der Waals surface area contributed by atoms with Crippen LogP contribution >= 0.6 is 11.6 Å². The van der Waals surface area contributed by atoms with E-state index in [0.717, 1.165) is 24.8 Å². The van der Waals surface area contributed by atoms with Crippen molar-refractivity contribution in [1.29, 1.82) is 0 Å². The van der Waals surface area contributed by atoms with Crippen molar-refractivity contribution < 1.29 is 14.2 Å². The molecule has 5 heteroatoms. The maximum Gasteiger partial charge on any atom is 0.138 e. The molecule has 0 saturated carbocycles. The summed E-state index contributed by atoms with van der Waals surface area (Å²) in [6.45, 7) is 4.51. The fourth-order valence-corrected chi connectivity index (χ4v) is 2.11. The van der Waals surface area contributed by atoms with Crippen LogP contribution in [-0.2, 0) is 15.9 Å². The van der Waals surface area contributed by atoms with Gasteiger partial charge >= 0.3 is 0 Å². The minimum absolute atomic E-state index is 0.174. The van der Waals surface area contributed by atoms with E-state index < -0.39 is 0 Å². The molecule has 1 aromatic carbocycles. The summed E-state index contributed by atoms with van der Waals surface area (Å²) in [4.78, 5) is 0. The lowest BCUT2D eigenvalue weighted by molar-refractivity contribution is 0.0807. The Morgan fingerprint density at radius 3 is 2.67 bits per heavy atom. The van der Waals surface area contributed by atoms with Crippen molar-refractivity contribution in [3.8, 4) is 5.75 Å². The minimum atomic E-state index is 0.174. The maximum atomic E-state index is 6.21. The molecule has 0 aliphatic heterocycles. The third kappa shape index (κ3) is 7.67. The number of hydrogen-bond donors (Lipinski definition) is 1. The monoisotopic (exact) mass is 315 g/mol. The molecule has 1 rings (SSSR count). The van der Waals surface area contributed by atoms with Crippen LogP contribution in [0.3, 0.4) is 0 Å². The van der Waals surface area contributed by atoms with Crippen molar-refractivity contribution in [3.05, 3.63) is 28.8 Å². The van der Waals surface area contributed by atoms with Gasteiger partial charge in [0.25, 0.3) is 0 Å². The smallest absolute Gasteiger partial charge is 0.138 e. The molecule has 2 N–H and O–H groups in total. The van der Waals surface area contributed by atoms with Gasteiger partial charge in [0, 0.05) is 26.4 Å². The molecule has 0 fully saturated rings. The minimum Gasteiger partial charge on any atom is -0.490 e. The molecule has 0 spiro atoms. The molecule has 0 aliphatic rings. The number of rotatable bonds is 11. The second kappa shape index (κ2) is 10.9. The Morgan fingerprint density at radius 1 is 1.19 bits per heavy atom. The van der Waals surface area contributed by atoms with Crippen LogP contribution in [0.1, 0.15) is 25.3 Å². The van der Waals surface area contributed by atoms with E-state index >= 15 is 0 Å². The van der Waals surface area contributed by atoms with Crippen LogP contribution in [0.25, 0.3) is 0 Å². The molecule has 1 atom stereocenters. The third-order valence-corrected chi connectivity index (χ3v) is 3.44. The van der Waals surface area contributed by atoms with Gasteiger partial charge in [-0.25, -0.2) is 0 Å². The van der Waals surface area contributed by atoms with Gasteiger partial charge in [0.05, 0.1) is 11.6 Å². The molecular formula is C16H26ClNO3. The number of nitrogens with two attached hydrogens (primary N) is 1. The molecule has 1 aromatic rings. The molecule has 0 heterocycles. The lowest BCUT2D eigenvalue weighted by Gasteiger charge is -2.12. The molecule has 0 bridgehead atoms. The van der Waals surface area contributed by atoms with E-state index in [2.05, 4.69) is 6.92 Å². The predicted molar refractivity (Wildman–Crippen MR) is 86.2 cm³/mol. The highest BCUT2D eigenvalue weighted by Gasteiger charge is 2.06. The Morgan fingerprint density at radius 2 is 2.00 bits per heavy atom. The van der Waals surface area contributed by atoms with E-state index in [0.29, 0.717) is 37.2 Å². The number of halogens is 1. The van der Waals surface area contributed by atoms with Gasteiger partial charge in [0.1, 0.15) is 12.4 Å². The lowest BCUT2D eigenvalue weighted by Crippen LogP contribution is -2.21. The van der Waals surface area contributed by atoms with Crippen molar-refractivity contribution in [1.82, 2.24) is 0 Å². The van der Waals surface area contributed by atoms with Crippen LogP contribution in [-0.4, -0.2) is 39.6 Å². The van der Waals surface area contributed by atoms with E-state index in [-0.39, 0.29) is 6.04 Å². The Bertz CT molecular complexity index is 401. The Balaban J connectivity index is 2.29. The normalized spacial score (nSPS) is 12.4. The fraction of sp³-hybridized carbons (Fsp3) is 0.625. The summed E-state index contributed by atoms with van der Waals surface area (Å²) in [5.74, 6) is 0.686. The van der Waals surface area contributed by atoms with E-state index in [1.165, 1.54) is 0 Å². The molecule has 0 saturated heterocycles. The van der Waals surface area contributed by atoms with Crippen LogP contribution in [0.4, 0.5) is 0 Å². The first-order chi connectivity index (χ1) is 10.2. The van der Waals surface area contributed by atoms with E-state index in [1.54, 1.807) is 7.11 Å². The fourth-order valence-electron chi connectivity index (χ4n) is 1.85. The highest BCUT2D eigenvalue weighted by molar-refractivity contribution is 6.32. The maximum absolute atomic E-state index is 6.21. The summed E-state index contributed by atoms with van der Waals surface area (Å²) in [7, 11) is 1.68. The van der Waals surface area contributed by atoms with Crippen LogP contribution in [0, 0.1) is 0 Å². The summed E-state index contributed by atoms with van der Waals surface area (Å²) < 4.78 is 16.0. The first-order valence-corrected chi connectivity index (χ1v) is 7.78. The van der Waals surface area contributed by atoms with Crippen molar-refractivity contribution in [2.24, 2.45) is 5.73 Å². The highest BCUT2D eigenvalue weighted by atomic mass is 35.5. The van der Waals surface area contributed by atoms with Crippen LogP contribution in [0.2, 0.25) is 5.02 Å². The van der Waals surface area contributed by atoms with Crippen LogP contribution in [0.5, 0.6) is 5.75 Å². The number of methoxy groups -OCH3 is 1. The van der Waals surface area contributed by atoms with Crippen molar-refractivity contribution in [2.45, 2.75) is 32.2 Å². The zero-order chi connectivity index (χ0) is 15.5. The van der Waals surface area contributed by atoms with E-state index in [4.69, 9.17) is 31.5 Å². The van der Waals surface area contributed by atoms with E-state index in [9.17, 15) is 0 Å². The van der Waals surface area contributed by atoms with Crippen molar-refractivity contribution >= 4 is 11.6 Å². The van der Waals surface area contributed by atoms with Gasteiger partial charge in [-0.15, -0.1) is 0 Å². The topological polar surface area (TPSA) is 53.7 Å². The summed E-state index contributed by atoms with van der Waals surface area (Å²) in [5, 5.41) is 0.621. The van der Waals surface area contributed by atoms with Gasteiger partial charge < -0.3 is 19.9 Å². The first-order valence-electron chi connectivity index (χ1n) is 7.40. The highest BCUT2D eigenvalue weighted by Crippen LogP contribution is 2.26. The van der Waals surface area contributed by atoms with Crippen LogP contribution < -0.4 is 10.5 Å². The zero-order valence-electron chi connectivity index (χ0n) is 12.9. The first kappa shape index (κ1) is 18.2. The second-order valence-corrected chi connectivity index (χ2v) is 5.35. The Hall–Kier alpha value is -0.810. The average molecular weight is 316 g/mol. The van der Waals surface area contributed by atoms with Crippen molar-refractivity contribution in [2.75, 3.05) is 33.5 Å². The van der Waals surface area contributed by atoms with Gasteiger partial charge in [-0.3, -0.25) is 0 Å². The molecule has 120 valence electrons. The number of ether oxygens (including phenoxy) is 3. The summed E-state index contributed by atoms with van der Waals surface area (Å²) >= 11 is 6.21. The molecule has 0 aliphatic carbocycles. The number of benzene rings is 1. The predicted octanol–water partition coefficient (Wildman–Crippen LogP) is 3.05. The molecular weight excluding hydrogens is 290 g/mol. The summed E-state index contributed by atoms with van der Waals surface area (Å²) in [5.41, 5.74) is 7.08. The van der Waals surface area contributed by atoms with Gasteiger partial charge in [-0.2, -0.15) is 0 Å². The van der Waals surface area contributed by atoms with Crippen LogP contribution in [0.15, 0.2) is 18.2 Å². The third-order valence-electron chi connectivity index (χ3n) is 3.14. The zero-order valence-corrected chi connectivity index (χ0v) is 13.7. The molecule has 1 unspecified atom stereocenters. The molecule has 0 amide bonds. The standard InChI is InChI=1S/C16H26ClNO3/c1-3-14(18)11-13-5-6-16(15(17)12-13)21-10-9-20-8-4-7-19-2/h5-6,12,14H,3-4,7-11,18H2,1-2H3. The molecule has 0 radical (unpaired) electrons. The Kier molecular flexibility index (Phi) is 9.42. The van der Waals surface area contributed by atoms with Crippen molar-refractivity contribution in [3.63, 3.8) is 0 Å².